The van der Waals surface area contributed by atoms with Gasteiger partial charge in [0.05, 0.1) is 11.0 Å². The van der Waals surface area contributed by atoms with Gasteiger partial charge in [0.15, 0.2) is 5.78 Å². The summed E-state index contributed by atoms with van der Waals surface area (Å²) in [6.45, 7) is 0. The van der Waals surface area contributed by atoms with Crippen LogP contribution in [-0.2, 0) is 0 Å². The van der Waals surface area contributed by atoms with Crippen LogP contribution in [0.5, 0.6) is 5.75 Å². The molecule has 0 atom stereocenters. The normalized spacial score (nSPS) is 11.8. The molecular formula is C18H11F3N2O2. The minimum atomic E-state index is -4.76. The van der Waals surface area contributed by atoms with E-state index in [1.807, 2.05) is 0 Å². The van der Waals surface area contributed by atoms with Crippen molar-refractivity contribution >= 4 is 22.9 Å². The molecule has 1 aromatic heterocycles. The fraction of sp³-hybridized carbons (Fsp3) is 0.0556. The zero-order valence-corrected chi connectivity index (χ0v) is 12.7. The van der Waals surface area contributed by atoms with Crippen molar-refractivity contribution in [3.63, 3.8) is 0 Å². The Morgan fingerprint density at radius 2 is 1.64 bits per heavy atom. The van der Waals surface area contributed by atoms with Crippen molar-refractivity contribution in [3.05, 3.63) is 72.1 Å². The molecule has 0 saturated heterocycles. The topological polar surface area (TPSA) is 52.1 Å². The van der Waals surface area contributed by atoms with Gasteiger partial charge in [0.25, 0.3) is 0 Å². The lowest BCUT2D eigenvalue weighted by Gasteiger charge is -2.08. The van der Waals surface area contributed by atoms with Gasteiger partial charge in [-0.25, -0.2) is 0 Å². The third kappa shape index (κ3) is 4.41. The molecule has 0 radical (unpaired) electrons. The molecule has 0 amide bonds. The van der Waals surface area contributed by atoms with Crippen LogP contribution in [0.3, 0.4) is 0 Å². The quantitative estimate of drug-likeness (QED) is 0.519. The number of benzene rings is 2. The predicted molar refractivity (Wildman–Crippen MR) is 86.0 cm³/mol. The zero-order chi connectivity index (χ0) is 17.9. The standard InChI is InChI=1S/C18H11F3N2O2/c19-18(20,21)25-14-5-3-13(4-6-14)17(24)8-2-12-1-7-15-16(11-12)23-10-9-22-15/h1-11H. The van der Waals surface area contributed by atoms with E-state index < -0.39 is 6.36 Å². The van der Waals surface area contributed by atoms with Crippen LogP contribution < -0.4 is 4.74 Å². The molecular weight excluding hydrogens is 333 g/mol. The Balaban J connectivity index is 1.73. The van der Waals surface area contributed by atoms with Crippen LogP contribution in [-0.4, -0.2) is 22.1 Å². The molecule has 0 saturated carbocycles. The summed E-state index contributed by atoms with van der Waals surface area (Å²) in [4.78, 5) is 20.4. The summed E-state index contributed by atoms with van der Waals surface area (Å²) in [5.74, 6) is -0.709. The summed E-state index contributed by atoms with van der Waals surface area (Å²) < 4.78 is 40.1. The smallest absolute Gasteiger partial charge is 0.406 e. The molecule has 2 aromatic carbocycles. The lowest BCUT2D eigenvalue weighted by atomic mass is 10.1. The summed E-state index contributed by atoms with van der Waals surface area (Å²) in [6, 6.07) is 10.1. The second-order valence-corrected chi connectivity index (χ2v) is 5.07. The second kappa shape index (κ2) is 6.72. The third-order valence-corrected chi connectivity index (χ3v) is 3.29. The van der Waals surface area contributed by atoms with Crippen LogP contribution in [0, 0.1) is 0 Å². The van der Waals surface area contributed by atoms with Crippen molar-refractivity contribution in [3.8, 4) is 5.75 Å². The number of rotatable bonds is 4. The summed E-state index contributed by atoms with van der Waals surface area (Å²) in [5, 5.41) is 0. The molecule has 7 heteroatoms. The maximum absolute atomic E-state index is 12.1. The number of nitrogens with zero attached hydrogens (tertiary/aromatic N) is 2. The number of halogens is 3. The minimum absolute atomic E-state index is 0.256. The van der Waals surface area contributed by atoms with E-state index in [1.165, 1.54) is 18.2 Å². The number of fused-ring (bicyclic) bond motifs is 1. The van der Waals surface area contributed by atoms with Crippen molar-refractivity contribution in [1.29, 1.82) is 0 Å². The Kier molecular flexibility index (Phi) is 4.47. The maximum Gasteiger partial charge on any atom is 0.573 e. The van der Waals surface area contributed by atoms with Crippen LogP contribution in [0.1, 0.15) is 15.9 Å². The van der Waals surface area contributed by atoms with Crippen molar-refractivity contribution in [2.45, 2.75) is 6.36 Å². The number of hydrogen-bond donors (Lipinski definition) is 0. The molecule has 0 bridgehead atoms. The lowest BCUT2D eigenvalue weighted by molar-refractivity contribution is -0.274. The lowest BCUT2D eigenvalue weighted by Crippen LogP contribution is -2.17. The van der Waals surface area contributed by atoms with Crippen LogP contribution >= 0.6 is 0 Å². The Morgan fingerprint density at radius 1 is 0.960 bits per heavy atom. The number of carbonyl (C=O) groups excluding carboxylic acids is 1. The van der Waals surface area contributed by atoms with E-state index in [4.69, 9.17) is 0 Å². The van der Waals surface area contributed by atoms with Crippen LogP contribution in [0.15, 0.2) is 60.9 Å². The Labute approximate surface area is 140 Å². The molecule has 0 N–H and O–H groups in total. The summed E-state index contributed by atoms with van der Waals surface area (Å²) >= 11 is 0. The number of allylic oxidation sites excluding steroid dienone is 1. The molecule has 0 aliphatic rings. The number of alkyl halides is 3. The fourth-order valence-electron chi connectivity index (χ4n) is 2.17. The number of ketones is 1. The van der Waals surface area contributed by atoms with Gasteiger partial charge in [-0.2, -0.15) is 0 Å². The molecule has 0 fully saturated rings. The maximum atomic E-state index is 12.1. The van der Waals surface area contributed by atoms with Gasteiger partial charge in [-0.3, -0.25) is 14.8 Å². The molecule has 25 heavy (non-hydrogen) atoms. The monoisotopic (exact) mass is 344 g/mol. The summed E-state index contributed by atoms with van der Waals surface area (Å²) in [5.41, 5.74) is 2.46. The zero-order valence-electron chi connectivity index (χ0n) is 12.7. The predicted octanol–water partition coefficient (Wildman–Crippen LogP) is 4.42. The van der Waals surface area contributed by atoms with Gasteiger partial charge in [0, 0.05) is 18.0 Å². The largest absolute Gasteiger partial charge is 0.573 e. The highest BCUT2D eigenvalue weighted by Gasteiger charge is 2.30. The minimum Gasteiger partial charge on any atom is -0.406 e. The number of aromatic nitrogens is 2. The first kappa shape index (κ1) is 16.6. The summed E-state index contributed by atoms with van der Waals surface area (Å²) in [7, 11) is 0. The van der Waals surface area contributed by atoms with Crippen LogP contribution in [0.2, 0.25) is 0 Å². The summed E-state index contributed by atoms with van der Waals surface area (Å²) in [6.07, 6.45) is 1.36. The molecule has 0 aliphatic heterocycles. The van der Waals surface area contributed by atoms with Crippen LogP contribution in [0.25, 0.3) is 17.1 Å². The van der Waals surface area contributed by atoms with Gasteiger partial charge in [-0.1, -0.05) is 12.1 Å². The highest BCUT2D eigenvalue weighted by molar-refractivity contribution is 6.07. The first-order valence-electron chi connectivity index (χ1n) is 7.20. The van der Waals surface area contributed by atoms with Crippen LogP contribution in [0.4, 0.5) is 13.2 Å². The first-order chi connectivity index (χ1) is 11.9. The average Bonchev–Trinajstić information content (AvgIpc) is 2.59. The number of ether oxygens (including phenoxy) is 1. The van der Waals surface area contributed by atoms with Gasteiger partial charge < -0.3 is 4.74 Å². The molecule has 3 rings (SSSR count). The number of carbonyl (C=O) groups is 1. The molecule has 4 nitrogen and oxygen atoms in total. The van der Waals surface area contributed by atoms with E-state index in [1.54, 1.807) is 36.7 Å². The molecule has 126 valence electrons. The average molecular weight is 344 g/mol. The third-order valence-electron chi connectivity index (χ3n) is 3.29. The van der Waals surface area contributed by atoms with E-state index in [0.29, 0.717) is 5.52 Å². The van der Waals surface area contributed by atoms with Crippen molar-refractivity contribution in [2.24, 2.45) is 0 Å². The van der Waals surface area contributed by atoms with Gasteiger partial charge in [0.2, 0.25) is 0 Å². The SMILES string of the molecule is O=C(C=Cc1ccc2nccnc2c1)c1ccc(OC(F)(F)F)cc1. The van der Waals surface area contributed by atoms with E-state index in [9.17, 15) is 18.0 Å². The Bertz CT molecular complexity index is 935. The fourth-order valence-corrected chi connectivity index (χ4v) is 2.17. The van der Waals surface area contributed by atoms with Gasteiger partial charge in [-0.15, -0.1) is 13.2 Å². The van der Waals surface area contributed by atoms with Crippen molar-refractivity contribution < 1.29 is 22.7 Å². The van der Waals surface area contributed by atoms with E-state index in [2.05, 4.69) is 14.7 Å². The number of hydrogen-bond acceptors (Lipinski definition) is 4. The van der Waals surface area contributed by atoms with Gasteiger partial charge >= 0.3 is 6.36 Å². The molecule has 0 spiro atoms. The molecule has 1 heterocycles. The first-order valence-corrected chi connectivity index (χ1v) is 7.20. The molecule has 0 unspecified atom stereocenters. The highest BCUT2D eigenvalue weighted by Crippen LogP contribution is 2.23. The van der Waals surface area contributed by atoms with E-state index >= 15 is 0 Å². The van der Waals surface area contributed by atoms with Gasteiger partial charge in [-0.05, 0) is 48.0 Å². The Hall–Kier alpha value is -3.22. The van der Waals surface area contributed by atoms with E-state index in [0.717, 1.165) is 23.2 Å². The second-order valence-electron chi connectivity index (χ2n) is 5.07. The molecule has 3 aromatic rings. The molecule has 0 aliphatic carbocycles. The van der Waals surface area contributed by atoms with Crippen molar-refractivity contribution in [2.75, 3.05) is 0 Å². The van der Waals surface area contributed by atoms with E-state index in [-0.39, 0.29) is 17.1 Å². The highest BCUT2D eigenvalue weighted by atomic mass is 19.4. The van der Waals surface area contributed by atoms with Gasteiger partial charge in [0.1, 0.15) is 5.75 Å². The Morgan fingerprint density at radius 3 is 2.32 bits per heavy atom. The van der Waals surface area contributed by atoms with Crippen molar-refractivity contribution in [1.82, 2.24) is 9.97 Å².